The Balaban J connectivity index is 1.67. The molecule has 0 amide bonds. The van der Waals surface area contributed by atoms with Crippen LogP contribution in [0.15, 0.2) is 42.5 Å². The Morgan fingerprint density at radius 1 is 1.23 bits per heavy atom. The van der Waals surface area contributed by atoms with Crippen LogP contribution in [0.5, 0.6) is 17.2 Å². The molecule has 1 aliphatic rings. The van der Waals surface area contributed by atoms with E-state index in [0.717, 1.165) is 12.0 Å². The third-order valence-electron chi connectivity index (χ3n) is 4.34. The first kappa shape index (κ1) is 18.1. The lowest BCUT2D eigenvalue weighted by atomic mass is 10.0. The molecule has 0 aliphatic carbocycles. The van der Waals surface area contributed by atoms with Crippen LogP contribution in [0.1, 0.15) is 24.0 Å². The highest BCUT2D eigenvalue weighted by atomic mass is 16.7. The van der Waals surface area contributed by atoms with Gasteiger partial charge in [0.15, 0.2) is 11.5 Å². The first-order valence-electron chi connectivity index (χ1n) is 8.61. The summed E-state index contributed by atoms with van der Waals surface area (Å²) < 4.78 is 16.2. The van der Waals surface area contributed by atoms with Crippen molar-refractivity contribution in [3.05, 3.63) is 53.6 Å². The van der Waals surface area contributed by atoms with Crippen LogP contribution in [0.2, 0.25) is 0 Å². The molecule has 2 N–H and O–H groups in total. The van der Waals surface area contributed by atoms with Gasteiger partial charge in [-0.1, -0.05) is 30.3 Å². The Labute approximate surface area is 152 Å². The van der Waals surface area contributed by atoms with Crippen molar-refractivity contribution < 1.29 is 24.1 Å². The predicted octanol–water partition coefficient (Wildman–Crippen LogP) is 2.99. The molecular weight excluding hydrogens is 334 g/mol. The van der Waals surface area contributed by atoms with Crippen molar-refractivity contribution in [3.8, 4) is 17.2 Å². The predicted molar refractivity (Wildman–Crippen MR) is 96.8 cm³/mol. The van der Waals surface area contributed by atoms with Crippen molar-refractivity contribution >= 4 is 5.97 Å². The van der Waals surface area contributed by atoms with Gasteiger partial charge in [-0.15, -0.1) is 0 Å². The second kappa shape index (κ2) is 8.58. The summed E-state index contributed by atoms with van der Waals surface area (Å²) in [7, 11) is 1.60. The summed E-state index contributed by atoms with van der Waals surface area (Å²) in [5.74, 6) is 1.16. The van der Waals surface area contributed by atoms with Gasteiger partial charge in [-0.25, -0.2) is 0 Å². The van der Waals surface area contributed by atoms with Gasteiger partial charge >= 0.3 is 5.97 Å². The first-order valence-corrected chi connectivity index (χ1v) is 8.61. The highest BCUT2D eigenvalue weighted by Crippen LogP contribution is 2.41. The number of hydrogen-bond acceptors (Lipinski definition) is 5. The molecule has 2 aromatic carbocycles. The van der Waals surface area contributed by atoms with Gasteiger partial charge in [-0.2, -0.15) is 0 Å². The number of aliphatic carboxylic acids is 1. The fraction of sp³-hybridized carbons (Fsp3) is 0.350. The number of fused-ring (bicyclic) bond motifs is 1. The minimum Gasteiger partial charge on any atom is -0.493 e. The molecule has 6 nitrogen and oxygen atoms in total. The van der Waals surface area contributed by atoms with Crippen LogP contribution in [-0.4, -0.2) is 31.0 Å². The van der Waals surface area contributed by atoms with Crippen molar-refractivity contribution in [2.75, 3.05) is 13.9 Å². The second-order valence-corrected chi connectivity index (χ2v) is 6.23. The van der Waals surface area contributed by atoms with E-state index in [1.165, 1.54) is 5.56 Å². The quantitative estimate of drug-likeness (QED) is 0.718. The zero-order chi connectivity index (χ0) is 18.4. The second-order valence-electron chi connectivity index (χ2n) is 6.23. The molecule has 1 aliphatic heterocycles. The summed E-state index contributed by atoms with van der Waals surface area (Å²) in [5.41, 5.74) is 2.18. The van der Waals surface area contributed by atoms with E-state index in [1.807, 2.05) is 30.3 Å². The topological polar surface area (TPSA) is 77.0 Å². The molecule has 1 atom stereocenters. The van der Waals surface area contributed by atoms with Gasteiger partial charge in [0.25, 0.3) is 0 Å². The van der Waals surface area contributed by atoms with Crippen molar-refractivity contribution in [1.82, 2.24) is 5.32 Å². The van der Waals surface area contributed by atoms with E-state index < -0.39 is 5.97 Å². The van der Waals surface area contributed by atoms with E-state index in [4.69, 9.17) is 19.3 Å². The molecule has 0 spiro atoms. The van der Waals surface area contributed by atoms with Crippen LogP contribution in [-0.2, 0) is 17.8 Å². The van der Waals surface area contributed by atoms with Crippen LogP contribution >= 0.6 is 0 Å². The average Bonchev–Trinajstić information content (AvgIpc) is 3.12. The Kier molecular flexibility index (Phi) is 5.96. The van der Waals surface area contributed by atoms with E-state index in [9.17, 15) is 4.79 Å². The molecule has 0 fully saturated rings. The van der Waals surface area contributed by atoms with Crippen LogP contribution in [0, 0.1) is 0 Å². The zero-order valence-corrected chi connectivity index (χ0v) is 14.7. The molecule has 2 aromatic rings. The normalized spacial score (nSPS) is 13.4. The molecule has 0 radical (unpaired) electrons. The molecule has 0 saturated heterocycles. The fourth-order valence-corrected chi connectivity index (χ4v) is 3.02. The van der Waals surface area contributed by atoms with Gasteiger partial charge in [0, 0.05) is 19.0 Å². The highest BCUT2D eigenvalue weighted by Gasteiger charge is 2.20. The van der Waals surface area contributed by atoms with Gasteiger partial charge in [-0.3, -0.25) is 4.79 Å². The van der Waals surface area contributed by atoms with Crippen molar-refractivity contribution in [2.24, 2.45) is 0 Å². The Morgan fingerprint density at radius 3 is 2.77 bits per heavy atom. The molecule has 26 heavy (non-hydrogen) atoms. The van der Waals surface area contributed by atoms with E-state index >= 15 is 0 Å². The molecule has 0 bridgehead atoms. The Hall–Kier alpha value is -2.73. The summed E-state index contributed by atoms with van der Waals surface area (Å²) in [4.78, 5) is 11.0. The summed E-state index contributed by atoms with van der Waals surface area (Å²) in [6.45, 7) is 0.780. The molecule has 1 unspecified atom stereocenters. The summed E-state index contributed by atoms with van der Waals surface area (Å²) in [5, 5.41) is 12.5. The van der Waals surface area contributed by atoms with Gasteiger partial charge < -0.3 is 24.6 Å². The van der Waals surface area contributed by atoms with Crippen LogP contribution in [0.3, 0.4) is 0 Å². The first-order chi connectivity index (χ1) is 12.7. The molecule has 138 valence electrons. The maximum atomic E-state index is 11.0. The van der Waals surface area contributed by atoms with Gasteiger partial charge in [0.05, 0.1) is 7.11 Å². The largest absolute Gasteiger partial charge is 0.493 e. The number of ether oxygens (including phenoxy) is 3. The van der Waals surface area contributed by atoms with Crippen LogP contribution < -0.4 is 19.5 Å². The third-order valence-corrected chi connectivity index (χ3v) is 4.34. The smallest absolute Gasteiger partial charge is 0.303 e. The minimum atomic E-state index is -0.783. The van der Waals surface area contributed by atoms with Crippen molar-refractivity contribution in [2.45, 2.75) is 31.8 Å². The standard InChI is InChI=1S/C20H23NO5/c1-24-17-10-15(11-18-20(17)26-13-25-18)12-21-16(7-8-19(22)23)9-14-5-3-2-4-6-14/h2-6,10-11,16,21H,7-9,12-13H2,1H3,(H,22,23). The van der Waals surface area contributed by atoms with E-state index in [2.05, 4.69) is 17.4 Å². The van der Waals surface area contributed by atoms with Gasteiger partial charge in [-0.05, 0) is 36.1 Å². The molecule has 0 saturated carbocycles. The number of methoxy groups -OCH3 is 1. The molecule has 6 heteroatoms. The van der Waals surface area contributed by atoms with Crippen molar-refractivity contribution in [3.63, 3.8) is 0 Å². The monoisotopic (exact) mass is 357 g/mol. The molecule has 1 heterocycles. The summed E-state index contributed by atoms with van der Waals surface area (Å²) in [6.07, 6.45) is 1.47. The van der Waals surface area contributed by atoms with E-state index in [-0.39, 0.29) is 19.3 Å². The molecule has 0 aromatic heterocycles. The summed E-state index contributed by atoms with van der Waals surface area (Å²) >= 11 is 0. The number of nitrogens with one attached hydrogen (secondary N) is 1. The zero-order valence-electron chi connectivity index (χ0n) is 14.7. The third kappa shape index (κ3) is 4.67. The lowest BCUT2D eigenvalue weighted by Crippen LogP contribution is -2.31. The fourth-order valence-electron chi connectivity index (χ4n) is 3.02. The van der Waals surface area contributed by atoms with Gasteiger partial charge in [0.2, 0.25) is 12.5 Å². The maximum absolute atomic E-state index is 11.0. The number of carbonyl (C=O) groups is 1. The van der Waals surface area contributed by atoms with E-state index in [0.29, 0.717) is 30.2 Å². The Morgan fingerprint density at radius 2 is 2.04 bits per heavy atom. The lowest BCUT2D eigenvalue weighted by molar-refractivity contribution is -0.137. The van der Waals surface area contributed by atoms with Crippen molar-refractivity contribution in [1.29, 1.82) is 0 Å². The SMILES string of the molecule is COc1cc(CNC(CCC(=O)O)Cc2ccccc2)cc2c1OCO2. The summed E-state index contributed by atoms with van der Waals surface area (Å²) in [6, 6.07) is 14.0. The minimum absolute atomic E-state index is 0.0601. The highest BCUT2D eigenvalue weighted by molar-refractivity contribution is 5.66. The Bertz CT molecular complexity index is 747. The number of benzene rings is 2. The number of hydrogen-bond donors (Lipinski definition) is 2. The lowest BCUT2D eigenvalue weighted by Gasteiger charge is -2.19. The van der Waals surface area contributed by atoms with Gasteiger partial charge in [0.1, 0.15) is 0 Å². The molecular formula is C20H23NO5. The average molecular weight is 357 g/mol. The molecule has 3 rings (SSSR count). The number of rotatable bonds is 9. The van der Waals surface area contributed by atoms with E-state index in [1.54, 1.807) is 7.11 Å². The number of carboxylic acids is 1. The number of carboxylic acid groups (broad SMARTS) is 1. The van der Waals surface area contributed by atoms with Crippen LogP contribution in [0.4, 0.5) is 0 Å². The van der Waals surface area contributed by atoms with Crippen LogP contribution in [0.25, 0.3) is 0 Å². The maximum Gasteiger partial charge on any atom is 0.303 e.